The second-order valence-corrected chi connectivity index (χ2v) is 7.59. The normalized spacial score (nSPS) is 15.5. The number of hydrazine groups is 1. The molecule has 1 saturated heterocycles. The highest BCUT2D eigenvalue weighted by molar-refractivity contribution is 9.10. The smallest absolute Gasteiger partial charge is 0.347 e. The number of benzene rings is 2. The standard InChI is InChI=1S/C23H23BrN2O6/c1-4-30-19-12-15(18(24)13-20(19)32-14(3)23(29)31-5-2)11-17-21(27)25-26(22(17)28)16-9-7-6-8-10-16/h6-14H,4-5H2,1-3H3,(H,25,27)/b17-11-/t14-/m0/s1. The minimum absolute atomic E-state index is 0.0226. The van der Waals surface area contributed by atoms with Crippen molar-refractivity contribution in [3.63, 3.8) is 0 Å². The van der Waals surface area contributed by atoms with Gasteiger partial charge in [-0.1, -0.05) is 34.1 Å². The number of hydrogen-bond acceptors (Lipinski definition) is 6. The van der Waals surface area contributed by atoms with Crippen LogP contribution >= 0.6 is 15.9 Å². The van der Waals surface area contributed by atoms with E-state index in [1.54, 1.807) is 50.2 Å². The van der Waals surface area contributed by atoms with Crippen LogP contribution in [0.25, 0.3) is 6.08 Å². The van der Waals surface area contributed by atoms with Crippen molar-refractivity contribution in [2.24, 2.45) is 0 Å². The van der Waals surface area contributed by atoms with Crippen LogP contribution in [-0.4, -0.2) is 37.1 Å². The summed E-state index contributed by atoms with van der Waals surface area (Å²) in [4.78, 5) is 37.2. The topological polar surface area (TPSA) is 94.2 Å². The maximum atomic E-state index is 12.8. The van der Waals surface area contributed by atoms with E-state index in [0.717, 1.165) is 0 Å². The molecule has 0 aliphatic carbocycles. The van der Waals surface area contributed by atoms with E-state index in [-0.39, 0.29) is 12.2 Å². The number of carbonyl (C=O) groups is 3. The van der Waals surface area contributed by atoms with Gasteiger partial charge in [0.1, 0.15) is 5.57 Å². The monoisotopic (exact) mass is 502 g/mol. The number of esters is 1. The van der Waals surface area contributed by atoms with Gasteiger partial charge >= 0.3 is 5.97 Å². The van der Waals surface area contributed by atoms with E-state index in [2.05, 4.69) is 21.4 Å². The molecule has 2 aromatic carbocycles. The fourth-order valence-corrected chi connectivity index (χ4v) is 3.43. The van der Waals surface area contributed by atoms with Crippen LogP contribution in [0.1, 0.15) is 26.3 Å². The van der Waals surface area contributed by atoms with Gasteiger partial charge in [-0.05, 0) is 56.7 Å². The van der Waals surface area contributed by atoms with Gasteiger partial charge in [0, 0.05) is 4.47 Å². The van der Waals surface area contributed by atoms with Gasteiger partial charge in [0.25, 0.3) is 11.8 Å². The molecule has 0 aromatic heterocycles. The van der Waals surface area contributed by atoms with Crippen molar-refractivity contribution >= 4 is 45.5 Å². The Morgan fingerprint density at radius 1 is 1.12 bits per heavy atom. The van der Waals surface area contributed by atoms with Crippen LogP contribution in [0.2, 0.25) is 0 Å². The Morgan fingerprint density at radius 3 is 2.50 bits per heavy atom. The Labute approximate surface area is 194 Å². The molecule has 1 fully saturated rings. The number of halogens is 1. The molecule has 8 nitrogen and oxygen atoms in total. The summed E-state index contributed by atoms with van der Waals surface area (Å²) in [6, 6.07) is 12.1. The number of rotatable bonds is 8. The largest absolute Gasteiger partial charge is 0.490 e. The minimum Gasteiger partial charge on any atom is -0.490 e. The molecule has 168 valence electrons. The lowest BCUT2D eigenvalue weighted by atomic mass is 10.1. The van der Waals surface area contributed by atoms with Crippen LogP contribution in [0, 0.1) is 0 Å². The molecule has 1 N–H and O–H groups in total. The number of nitrogens with zero attached hydrogens (tertiary/aromatic N) is 1. The Morgan fingerprint density at radius 2 is 1.84 bits per heavy atom. The lowest BCUT2D eigenvalue weighted by molar-refractivity contribution is -0.150. The zero-order valence-corrected chi connectivity index (χ0v) is 19.5. The second-order valence-electron chi connectivity index (χ2n) is 6.74. The van der Waals surface area contributed by atoms with Crippen LogP contribution in [0.5, 0.6) is 11.5 Å². The van der Waals surface area contributed by atoms with Crippen LogP contribution in [0.4, 0.5) is 5.69 Å². The summed E-state index contributed by atoms with van der Waals surface area (Å²) in [6.07, 6.45) is 0.637. The average molecular weight is 503 g/mol. The van der Waals surface area contributed by atoms with E-state index >= 15 is 0 Å². The average Bonchev–Trinajstić information content (AvgIpc) is 3.05. The molecule has 0 saturated carbocycles. The van der Waals surface area contributed by atoms with Gasteiger partial charge < -0.3 is 14.2 Å². The Balaban J connectivity index is 1.92. The van der Waals surface area contributed by atoms with E-state index in [0.29, 0.717) is 33.8 Å². The summed E-state index contributed by atoms with van der Waals surface area (Å²) >= 11 is 3.44. The molecule has 32 heavy (non-hydrogen) atoms. The number of amides is 2. The lowest BCUT2D eigenvalue weighted by Crippen LogP contribution is -2.35. The van der Waals surface area contributed by atoms with Crippen LogP contribution in [-0.2, 0) is 19.1 Å². The van der Waals surface area contributed by atoms with Crippen LogP contribution in [0.3, 0.4) is 0 Å². The zero-order chi connectivity index (χ0) is 23.3. The maximum Gasteiger partial charge on any atom is 0.347 e. The first kappa shape index (κ1) is 23.3. The van der Waals surface area contributed by atoms with Crippen LogP contribution in [0.15, 0.2) is 52.5 Å². The summed E-state index contributed by atoms with van der Waals surface area (Å²) in [7, 11) is 0. The molecule has 2 amide bonds. The van der Waals surface area contributed by atoms with Gasteiger partial charge in [0.2, 0.25) is 0 Å². The predicted molar refractivity (Wildman–Crippen MR) is 122 cm³/mol. The zero-order valence-electron chi connectivity index (χ0n) is 17.9. The highest BCUT2D eigenvalue weighted by Crippen LogP contribution is 2.36. The molecule has 1 aliphatic heterocycles. The third-order valence-electron chi connectivity index (χ3n) is 4.49. The van der Waals surface area contributed by atoms with Gasteiger partial charge in [-0.2, -0.15) is 0 Å². The van der Waals surface area contributed by atoms with E-state index in [4.69, 9.17) is 14.2 Å². The number of ether oxygens (including phenoxy) is 3. The van der Waals surface area contributed by atoms with Crippen molar-refractivity contribution in [1.82, 2.24) is 5.43 Å². The van der Waals surface area contributed by atoms with E-state index in [9.17, 15) is 14.4 Å². The second kappa shape index (κ2) is 10.3. The van der Waals surface area contributed by atoms with Crippen molar-refractivity contribution in [2.75, 3.05) is 18.2 Å². The fraction of sp³-hybridized carbons (Fsp3) is 0.261. The summed E-state index contributed by atoms with van der Waals surface area (Å²) < 4.78 is 16.9. The van der Waals surface area contributed by atoms with Gasteiger partial charge in [0.05, 0.1) is 18.9 Å². The van der Waals surface area contributed by atoms with Crippen molar-refractivity contribution < 1.29 is 28.6 Å². The van der Waals surface area contributed by atoms with E-state index < -0.39 is 23.9 Å². The van der Waals surface area contributed by atoms with Crippen LogP contribution < -0.4 is 19.9 Å². The molecular formula is C23H23BrN2O6. The third kappa shape index (κ3) is 5.11. The number of carbonyl (C=O) groups excluding carboxylic acids is 3. The predicted octanol–water partition coefficient (Wildman–Crippen LogP) is 3.64. The molecule has 3 rings (SSSR count). The number of hydrogen-bond donors (Lipinski definition) is 1. The van der Waals surface area contributed by atoms with Gasteiger partial charge in [-0.25, -0.2) is 9.80 Å². The quantitative estimate of drug-likeness (QED) is 0.336. The third-order valence-corrected chi connectivity index (χ3v) is 5.18. The highest BCUT2D eigenvalue weighted by Gasteiger charge is 2.34. The van der Waals surface area contributed by atoms with Gasteiger partial charge in [0.15, 0.2) is 17.6 Å². The molecule has 0 unspecified atom stereocenters. The Hall–Kier alpha value is -3.33. The molecule has 9 heteroatoms. The molecular weight excluding hydrogens is 480 g/mol. The summed E-state index contributed by atoms with van der Waals surface area (Å²) in [6.45, 7) is 5.70. The van der Waals surface area contributed by atoms with E-state index in [1.165, 1.54) is 11.1 Å². The Kier molecular flexibility index (Phi) is 7.53. The molecule has 0 bridgehead atoms. The molecule has 1 heterocycles. The van der Waals surface area contributed by atoms with E-state index in [1.807, 2.05) is 13.0 Å². The first-order valence-corrected chi connectivity index (χ1v) is 10.9. The minimum atomic E-state index is -0.841. The summed E-state index contributed by atoms with van der Waals surface area (Å²) in [5.41, 5.74) is 3.64. The van der Waals surface area contributed by atoms with Crippen molar-refractivity contribution in [3.8, 4) is 11.5 Å². The van der Waals surface area contributed by atoms with Crippen molar-refractivity contribution in [1.29, 1.82) is 0 Å². The molecule has 1 aliphatic rings. The first-order valence-electron chi connectivity index (χ1n) is 10.1. The molecule has 1 atom stereocenters. The van der Waals surface area contributed by atoms with Crippen molar-refractivity contribution in [3.05, 3.63) is 58.1 Å². The Bertz CT molecular complexity index is 1050. The lowest BCUT2D eigenvalue weighted by Gasteiger charge is -2.17. The number of nitrogens with one attached hydrogen (secondary N) is 1. The summed E-state index contributed by atoms with van der Waals surface area (Å²) in [5.74, 6) is -0.784. The van der Waals surface area contributed by atoms with Gasteiger partial charge in [-0.3, -0.25) is 15.0 Å². The highest BCUT2D eigenvalue weighted by atomic mass is 79.9. The number of para-hydroxylation sites is 1. The molecule has 2 aromatic rings. The maximum absolute atomic E-state index is 12.8. The number of anilines is 1. The molecule has 0 spiro atoms. The summed E-state index contributed by atoms with van der Waals surface area (Å²) in [5, 5.41) is 1.20. The molecule has 0 radical (unpaired) electrons. The SMILES string of the molecule is CCOC(=O)[C@H](C)Oc1cc(Br)c(/C=C2/C(=O)NN(c3ccccc3)C2=O)cc1OCC. The first-order chi connectivity index (χ1) is 15.3. The van der Waals surface area contributed by atoms with Gasteiger partial charge in [-0.15, -0.1) is 0 Å². The van der Waals surface area contributed by atoms with Crippen molar-refractivity contribution in [2.45, 2.75) is 26.9 Å². The fourth-order valence-electron chi connectivity index (χ4n) is 2.99.